The highest BCUT2D eigenvalue weighted by Crippen LogP contribution is 2.39. The third kappa shape index (κ3) is 2.88. The maximum absolute atomic E-state index is 12.7. The second-order valence-corrected chi connectivity index (χ2v) is 5.59. The first-order valence-electron chi connectivity index (χ1n) is 7.60. The number of carbonyl (C=O) groups excluding carboxylic acids is 1. The van der Waals surface area contributed by atoms with E-state index in [1.54, 1.807) is 27.2 Å². The molecule has 23 heavy (non-hydrogen) atoms. The molecule has 0 saturated carbocycles. The predicted octanol–water partition coefficient (Wildman–Crippen LogP) is 2.98. The molecule has 122 valence electrons. The molecule has 6 heteroatoms. The first-order valence-corrected chi connectivity index (χ1v) is 7.60. The highest BCUT2D eigenvalue weighted by molar-refractivity contribution is 5.92. The van der Waals surface area contributed by atoms with E-state index < -0.39 is 0 Å². The lowest BCUT2D eigenvalue weighted by atomic mass is 10.0. The summed E-state index contributed by atoms with van der Waals surface area (Å²) in [6.07, 6.45) is 1.84. The van der Waals surface area contributed by atoms with Crippen molar-refractivity contribution in [1.82, 2.24) is 10.1 Å². The van der Waals surface area contributed by atoms with E-state index in [0.717, 1.165) is 29.9 Å². The van der Waals surface area contributed by atoms with Gasteiger partial charge in [0.15, 0.2) is 5.69 Å². The van der Waals surface area contributed by atoms with Gasteiger partial charge in [0, 0.05) is 24.2 Å². The number of aryl methyl sites for hydroxylation is 1. The van der Waals surface area contributed by atoms with E-state index in [0.29, 0.717) is 18.0 Å². The van der Waals surface area contributed by atoms with E-state index in [9.17, 15) is 4.79 Å². The van der Waals surface area contributed by atoms with E-state index >= 15 is 0 Å². The fourth-order valence-corrected chi connectivity index (χ4v) is 3.04. The van der Waals surface area contributed by atoms with E-state index in [-0.39, 0.29) is 11.9 Å². The lowest BCUT2D eigenvalue weighted by Gasteiger charge is -2.25. The second kappa shape index (κ2) is 6.32. The zero-order valence-electron chi connectivity index (χ0n) is 13.5. The topological polar surface area (TPSA) is 64.8 Å². The smallest absolute Gasteiger partial charge is 0.276 e. The van der Waals surface area contributed by atoms with Gasteiger partial charge in [-0.3, -0.25) is 4.79 Å². The summed E-state index contributed by atoms with van der Waals surface area (Å²) in [5.74, 6) is 1.98. The van der Waals surface area contributed by atoms with Crippen LogP contribution in [0.4, 0.5) is 0 Å². The van der Waals surface area contributed by atoms with Crippen molar-refractivity contribution < 1.29 is 18.8 Å². The molecule has 2 aromatic rings. The molecule has 0 aliphatic carbocycles. The van der Waals surface area contributed by atoms with Crippen LogP contribution in [0.1, 0.15) is 40.7 Å². The fourth-order valence-electron chi connectivity index (χ4n) is 3.04. The van der Waals surface area contributed by atoms with Crippen LogP contribution in [0.2, 0.25) is 0 Å². The monoisotopic (exact) mass is 316 g/mol. The molecule has 0 spiro atoms. The quantitative estimate of drug-likeness (QED) is 0.867. The van der Waals surface area contributed by atoms with Gasteiger partial charge in [-0.2, -0.15) is 0 Å². The molecular weight excluding hydrogens is 296 g/mol. The number of benzene rings is 1. The molecule has 1 aromatic heterocycles. The summed E-state index contributed by atoms with van der Waals surface area (Å²) in [5, 5.41) is 3.84. The Morgan fingerprint density at radius 3 is 2.78 bits per heavy atom. The zero-order valence-corrected chi connectivity index (χ0v) is 13.5. The van der Waals surface area contributed by atoms with Gasteiger partial charge in [0.05, 0.1) is 20.3 Å². The minimum absolute atomic E-state index is 0.0274. The number of likely N-dealkylation sites (tertiary alicyclic amines) is 1. The van der Waals surface area contributed by atoms with Crippen LogP contribution < -0.4 is 9.47 Å². The number of rotatable bonds is 4. The maximum atomic E-state index is 12.7. The summed E-state index contributed by atoms with van der Waals surface area (Å²) in [6.45, 7) is 2.47. The molecule has 0 bridgehead atoms. The van der Waals surface area contributed by atoms with Crippen LogP contribution in [0, 0.1) is 6.92 Å². The van der Waals surface area contributed by atoms with Gasteiger partial charge in [-0.05, 0) is 31.9 Å². The normalized spacial score (nSPS) is 17.3. The fraction of sp³-hybridized carbons (Fsp3) is 0.412. The summed E-state index contributed by atoms with van der Waals surface area (Å²) >= 11 is 0. The van der Waals surface area contributed by atoms with Gasteiger partial charge in [0.2, 0.25) is 0 Å². The number of methoxy groups -OCH3 is 2. The third-order valence-electron chi connectivity index (χ3n) is 4.16. The molecule has 1 aliphatic rings. The lowest BCUT2D eigenvalue weighted by Crippen LogP contribution is -2.31. The second-order valence-electron chi connectivity index (χ2n) is 5.59. The van der Waals surface area contributed by atoms with Gasteiger partial charge in [0.1, 0.15) is 17.3 Å². The van der Waals surface area contributed by atoms with Crippen molar-refractivity contribution in [2.75, 3.05) is 20.8 Å². The van der Waals surface area contributed by atoms with Crippen molar-refractivity contribution in [3.05, 3.63) is 41.3 Å². The van der Waals surface area contributed by atoms with Gasteiger partial charge in [-0.15, -0.1) is 0 Å². The average molecular weight is 316 g/mol. The largest absolute Gasteiger partial charge is 0.497 e. The Balaban J connectivity index is 1.91. The molecule has 3 rings (SSSR count). The molecule has 0 N–H and O–H groups in total. The van der Waals surface area contributed by atoms with Crippen LogP contribution in [-0.4, -0.2) is 36.7 Å². The minimum Gasteiger partial charge on any atom is -0.497 e. The number of ether oxygens (including phenoxy) is 2. The Kier molecular flexibility index (Phi) is 4.23. The summed E-state index contributed by atoms with van der Waals surface area (Å²) in [7, 11) is 3.24. The SMILES string of the molecule is COc1ccc(C2CCCN2C(=O)c2cc(C)on2)c(OC)c1. The first-order chi connectivity index (χ1) is 11.1. The highest BCUT2D eigenvalue weighted by Gasteiger charge is 2.33. The Morgan fingerprint density at radius 2 is 2.13 bits per heavy atom. The molecule has 1 saturated heterocycles. The molecule has 1 aromatic carbocycles. The number of amides is 1. The molecule has 1 unspecified atom stereocenters. The summed E-state index contributed by atoms with van der Waals surface area (Å²) in [6, 6.07) is 7.33. The highest BCUT2D eigenvalue weighted by atomic mass is 16.5. The first kappa shape index (κ1) is 15.4. The van der Waals surface area contributed by atoms with Gasteiger partial charge in [-0.1, -0.05) is 5.16 Å². The van der Waals surface area contributed by atoms with Crippen molar-refractivity contribution in [2.24, 2.45) is 0 Å². The van der Waals surface area contributed by atoms with Crippen LogP contribution in [-0.2, 0) is 0 Å². The Hall–Kier alpha value is -2.50. The molecule has 2 heterocycles. The van der Waals surface area contributed by atoms with Gasteiger partial charge in [0.25, 0.3) is 5.91 Å². The van der Waals surface area contributed by atoms with Crippen molar-refractivity contribution in [3.8, 4) is 11.5 Å². The number of aromatic nitrogens is 1. The molecule has 6 nitrogen and oxygen atoms in total. The van der Waals surface area contributed by atoms with Crippen molar-refractivity contribution in [3.63, 3.8) is 0 Å². The summed E-state index contributed by atoms with van der Waals surface area (Å²) < 4.78 is 15.7. The van der Waals surface area contributed by atoms with Crippen LogP contribution >= 0.6 is 0 Å². The standard InChI is InChI=1S/C17H20N2O4/c1-11-9-14(18-23-11)17(20)19-8-4-5-15(19)13-7-6-12(21-2)10-16(13)22-3/h6-7,9-10,15H,4-5,8H2,1-3H3. The molecule has 0 radical (unpaired) electrons. The average Bonchev–Trinajstić information content (AvgIpc) is 3.22. The Bertz CT molecular complexity index is 710. The van der Waals surface area contributed by atoms with Crippen LogP contribution in [0.15, 0.2) is 28.8 Å². The Labute approximate surface area is 135 Å². The maximum Gasteiger partial charge on any atom is 0.276 e. The van der Waals surface area contributed by atoms with Crippen molar-refractivity contribution in [2.45, 2.75) is 25.8 Å². The number of carbonyl (C=O) groups is 1. The van der Waals surface area contributed by atoms with Crippen molar-refractivity contribution in [1.29, 1.82) is 0 Å². The number of nitrogens with zero attached hydrogens (tertiary/aromatic N) is 2. The number of hydrogen-bond donors (Lipinski definition) is 0. The third-order valence-corrected chi connectivity index (χ3v) is 4.16. The van der Waals surface area contributed by atoms with E-state index in [4.69, 9.17) is 14.0 Å². The van der Waals surface area contributed by atoms with Crippen LogP contribution in [0.25, 0.3) is 0 Å². The van der Waals surface area contributed by atoms with E-state index in [1.807, 2.05) is 23.1 Å². The van der Waals surface area contributed by atoms with Crippen LogP contribution in [0.5, 0.6) is 11.5 Å². The van der Waals surface area contributed by atoms with Gasteiger partial charge < -0.3 is 18.9 Å². The molecule has 1 aliphatic heterocycles. The van der Waals surface area contributed by atoms with E-state index in [1.165, 1.54) is 0 Å². The van der Waals surface area contributed by atoms with E-state index in [2.05, 4.69) is 5.16 Å². The lowest BCUT2D eigenvalue weighted by molar-refractivity contribution is 0.0723. The molecule has 1 atom stereocenters. The van der Waals surface area contributed by atoms with Gasteiger partial charge in [-0.25, -0.2) is 0 Å². The van der Waals surface area contributed by atoms with Crippen LogP contribution in [0.3, 0.4) is 0 Å². The van der Waals surface area contributed by atoms with Gasteiger partial charge >= 0.3 is 0 Å². The molecule has 1 fully saturated rings. The summed E-state index contributed by atoms with van der Waals surface area (Å²) in [4.78, 5) is 14.5. The predicted molar refractivity (Wildman–Crippen MR) is 83.8 cm³/mol. The molecule has 1 amide bonds. The zero-order chi connectivity index (χ0) is 16.4. The summed E-state index contributed by atoms with van der Waals surface area (Å²) in [5.41, 5.74) is 1.33. The molecular formula is C17H20N2O4. The minimum atomic E-state index is -0.109. The van der Waals surface area contributed by atoms with Crippen molar-refractivity contribution >= 4 is 5.91 Å². The Morgan fingerprint density at radius 1 is 1.30 bits per heavy atom. The number of hydrogen-bond acceptors (Lipinski definition) is 5.